The predicted molar refractivity (Wildman–Crippen MR) is 84.7 cm³/mol. The van der Waals surface area contributed by atoms with E-state index in [1.54, 1.807) is 13.3 Å². The van der Waals surface area contributed by atoms with E-state index < -0.39 is 0 Å². The highest BCUT2D eigenvalue weighted by Gasteiger charge is 2.11. The second kappa shape index (κ2) is 9.68. The SMILES string of the molecule is COCCCOc1cnc(C(C)C)nc1CNCC(C)C. The van der Waals surface area contributed by atoms with Crippen LogP contribution in [0.2, 0.25) is 0 Å². The van der Waals surface area contributed by atoms with Gasteiger partial charge in [-0.25, -0.2) is 9.97 Å². The highest BCUT2D eigenvalue weighted by Crippen LogP contribution is 2.18. The number of nitrogens with zero attached hydrogens (tertiary/aromatic N) is 2. The van der Waals surface area contributed by atoms with E-state index in [1.807, 2.05) is 0 Å². The molecule has 0 saturated heterocycles. The zero-order valence-electron chi connectivity index (χ0n) is 14.0. The molecule has 0 aromatic carbocycles. The van der Waals surface area contributed by atoms with E-state index in [1.165, 1.54) is 0 Å². The first-order valence-electron chi connectivity index (χ1n) is 7.72. The maximum absolute atomic E-state index is 5.79. The molecular formula is C16H29N3O2. The summed E-state index contributed by atoms with van der Waals surface area (Å²) in [6, 6.07) is 0. The Morgan fingerprint density at radius 1 is 1.19 bits per heavy atom. The van der Waals surface area contributed by atoms with Gasteiger partial charge in [0.2, 0.25) is 0 Å². The summed E-state index contributed by atoms with van der Waals surface area (Å²) in [6.07, 6.45) is 2.66. The molecule has 0 aliphatic heterocycles. The molecule has 0 aliphatic rings. The van der Waals surface area contributed by atoms with Crippen molar-refractivity contribution in [1.82, 2.24) is 15.3 Å². The standard InChI is InChI=1S/C16H29N3O2/c1-12(2)9-17-10-14-15(21-8-6-7-20-5)11-18-16(19-14)13(3)4/h11-13,17H,6-10H2,1-5H3. The Morgan fingerprint density at radius 2 is 1.95 bits per heavy atom. The van der Waals surface area contributed by atoms with Crippen LogP contribution in [0.1, 0.15) is 51.6 Å². The second-order valence-electron chi connectivity index (χ2n) is 5.91. The van der Waals surface area contributed by atoms with Crippen LogP contribution in [0.15, 0.2) is 6.20 Å². The van der Waals surface area contributed by atoms with Gasteiger partial charge >= 0.3 is 0 Å². The molecule has 0 spiro atoms. The molecule has 1 N–H and O–H groups in total. The summed E-state index contributed by atoms with van der Waals surface area (Å²) in [4.78, 5) is 9.02. The number of rotatable bonds is 10. The van der Waals surface area contributed by atoms with Gasteiger partial charge in [-0.3, -0.25) is 0 Å². The molecule has 0 atom stereocenters. The minimum Gasteiger partial charge on any atom is -0.490 e. The minimum atomic E-state index is 0.316. The molecule has 0 aliphatic carbocycles. The van der Waals surface area contributed by atoms with Gasteiger partial charge in [0.05, 0.1) is 18.5 Å². The highest BCUT2D eigenvalue weighted by molar-refractivity contribution is 5.25. The lowest BCUT2D eigenvalue weighted by Gasteiger charge is -2.14. The maximum atomic E-state index is 5.79. The van der Waals surface area contributed by atoms with E-state index in [0.717, 1.165) is 30.2 Å². The minimum absolute atomic E-state index is 0.316. The van der Waals surface area contributed by atoms with Crippen molar-refractivity contribution in [3.8, 4) is 5.75 Å². The molecule has 120 valence electrons. The molecule has 0 saturated carbocycles. The lowest BCUT2D eigenvalue weighted by Crippen LogP contribution is -2.21. The van der Waals surface area contributed by atoms with Crippen LogP contribution < -0.4 is 10.1 Å². The Bertz CT molecular complexity index is 409. The Labute approximate surface area is 128 Å². The van der Waals surface area contributed by atoms with Crippen molar-refractivity contribution < 1.29 is 9.47 Å². The maximum Gasteiger partial charge on any atom is 0.160 e. The number of aromatic nitrogens is 2. The molecule has 0 fully saturated rings. The molecule has 21 heavy (non-hydrogen) atoms. The van der Waals surface area contributed by atoms with Gasteiger partial charge < -0.3 is 14.8 Å². The summed E-state index contributed by atoms with van der Waals surface area (Å²) in [6.45, 7) is 11.6. The summed E-state index contributed by atoms with van der Waals surface area (Å²) in [5.74, 6) is 2.56. The van der Waals surface area contributed by atoms with Gasteiger partial charge in [0.1, 0.15) is 5.82 Å². The smallest absolute Gasteiger partial charge is 0.160 e. The highest BCUT2D eigenvalue weighted by atomic mass is 16.5. The van der Waals surface area contributed by atoms with Crippen LogP contribution in [0, 0.1) is 5.92 Å². The zero-order chi connectivity index (χ0) is 15.7. The van der Waals surface area contributed by atoms with Crippen molar-refractivity contribution in [3.05, 3.63) is 17.7 Å². The van der Waals surface area contributed by atoms with Crippen molar-refractivity contribution in [2.45, 2.75) is 46.6 Å². The van der Waals surface area contributed by atoms with Gasteiger partial charge in [-0.15, -0.1) is 0 Å². The molecule has 1 aromatic heterocycles. The first-order valence-corrected chi connectivity index (χ1v) is 7.72. The molecule has 5 nitrogen and oxygen atoms in total. The Morgan fingerprint density at radius 3 is 2.57 bits per heavy atom. The summed E-state index contributed by atoms with van der Waals surface area (Å²) in [7, 11) is 1.70. The Hall–Kier alpha value is -1.20. The monoisotopic (exact) mass is 295 g/mol. The number of nitrogens with one attached hydrogen (secondary N) is 1. The summed E-state index contributed by atoms with van der Waals surface area (Å²) < 4.78 is 10.8. The summed E-state index contributed by atoms with van der Waals surface area (Å²) in [5.41, 5.74) is 0.937. The van der Waals surface area contributed by atoms with Gasteiger partial charge in [0.25, 0.3) is 0 Å². The van der Waals surface area contributed by atoms with E-state index >= 15 is 0 Å². The van der Waals surface area contributed by atoms with Crippen molar-refractivity contribution >= 4 is 0 Å². The molecule has 0 radical (unpaired) electrons. The van der Waals surface area contributed by atoms with Gasteiger partial charge in [-0.05, 0) is 12.5 Å². The topological polar surface area (TPSA) is 56.3 Å². The predicted octanol–water partition coefficient (Wildman–Crippen LogP) is 2.76. The third-order valence-electron chi connectivity index (χ3n) is 2.96. The average Bonchev–Trinajstić information content (AvgIpc) is 2.44. The fraction of sp³-hybridized carbons (Fsp3) is 0.750. The molecular weight excluding hydrogens is 266 g/mol. The normalized spacial score (nSPS) is 11.4. The molecule has 5 heteroatoms. The van der Waals surface area contributed by atoms with E-state index in [2.05, 4.69) is 43.0 Å². The van der Waals surface area contributed by atoms with Gasteiger partial charge in [0, 0.05) is 32.6 Å². The zero-order valence-corrected chi connectivity index (χ0v) is 14.0. The molecule has 0 amide bonds. The molecule has 1 heterocycles. The second-order valence-corrected chi connectivity index (χ2v) is 5.91. The fourth-order valence-corrected chi connectivity index (χ4v) is 1.81. The van der Waals surface area contributed by atoms with Gasteiger partial charge in [-0.1, -0.05) is 27.7 Å². The van der Waals surface area contributed by atoms with Crippen molar-refractivity contribution in [1.29, 1.82) is 0 Å². The largest absolute Gasteiger partial charge is 0.490 e. The van der Waals surface area contributed by atoms with Crippen LogP contribution in [0.25, 0.3) is 0 Å². The summed E-state index contributed by atoms with van der Waals surface area (Å²) >= 11 is 0. The van der Waals surface area contributed by atoms with Gasteiger partial charge in [-0.2, -0.15) is 0 Å². The number of methoxy groups -OCH3 is 1. The first-order chi connectivity index (χ1) is 10.0. The fourth-order valence-electron chi connectivity index (χ4n) is 1.81. The molecule has 1 rings (SSSR count). The van der Waals surface area contributed by atoms with Crippen molar-refractivity contribution in [2.75, 3.05) is 26.9 Å². The van der Waals surface area contributed by atoms with Gasteiger partial charge in [0.15, 0.2) is 5.75 Å². The van der Waals surface area contributed by atoms with Crippen molar-refractivity contribution in [2.24, 2.45) is 5.92 Å². The van der Waals surface area contributed by atoms with Crippen molar-refractivity contribution in [3.63, 3.8) is 0 Å². The van der Waals surface area contributed by atoms with Crippen LogP contribution in [-0.4, -0.2) is 36.8 Å². The van der Waals surface area contributed by atoms with E-state index in [0.29, 0.717) is 31.6 Å². The lowest BCUT2D eigenvalue weighted by molar-refractivity contribution is 0.171. The number of hydrogen-bond donors (Lipinski definition) is 1. The van der Waals surface area contributed by atoms with E-state index in [-0.39, 0.29) is 0 Å². The van der Waals surface area contributed by atoms with Crippen LogP contribution in [0.5, 0.6) is 5.75 Å². The van der Waals surface area contributed by atoms with E-state index in [4.69, 9.17) is 9.47 Å². The van der Waals surface area contributed by atoms with Crippen LogP contribution >= 0.6 is 0 Å². The Balaban J connectivity index is 2.69. The van der Waals surface area contributed by atoms with Crippen LogP contribution in [-0.2, 0) is 11.3 Å². The third kappa shape index (κ3) is 6.87. The van der Waals surface area contributed by atoms with Crippen LogP contribution in [0.3, 0.4) is 0 Å². The molecule has 0 unspecified atom stereocenters. The quantitative estimate of drug-likeness (QED) is 0.673. The number of hydrogen-bond acceptors (Lipinski definition) is 5. The Kier molecular flexibility index (Phi) is 8.23. The average molecular weight is 295 g/mol. The molecule has 0 bridgehead atoms. The van der Waals surface area contributed by atoms with E-state index in [9.17, 15) is 0 Å². The van der Waals surface area contributed by atoms with Crippen LogP contribution in [0.4, 0.5) is 0 Å². The number of ether oxygens (including phenoxy) is 2. The first kappa shape index (κ1) is 17.9. The lowest BCUT2D eigenvalue weighted by atomic mass is 10.2. The summed E-state index contributed by atoms with van der Waals surface area (Å²) in [5, 5.41) is 3.41. The molecule has 1 aromatic rings. The third-order valence-corrected chi connectivity index (χ3v) is 2.96.